The molecule has 0 spiro atoms. The second kappa shape index (κ2) is 7.01. The fourth-order valence-corrected chi connectivity index (χ4v) is 2.05. The van der Waals surface area contributed by atoms with E-state index in [1.54, 1.807) is 18.4 Å². The van der Waals surface area contributed by atoms with Gasteiger partial charge in [-0.3, -0.25) is 10.1 Å². The van der Waals surface area contributed by atoms with Crippen LogP contribution in [0, 0.1) is 10.1 Å². The van der Waals surface area contributed by atoms with Crippen molar-refractivity contribution in [2.24, 2.45) is 0 Å². The van der Waals surface area contributed by atoms with Crippen LogP contribution in [-0.4, -0.2) is 22.6 Å². The van der Waals surface area contributed by atoms with Crippen LogP contribution in [0.4, 0.5) is 5.69 Å². The molecule has 1 aromatic heterocycles. The van der Waals surface area contributed by atoms with Gasteiger partial charge in [0, 0.05) is 31.1 Å². The number of nitro benzene ring substituents is 1. The molecule has 2 rings (SSSR count). The van der Waals surface area contributed by atoms with Crippen molar-refractivity contribution < 1.29 is 14.4 Å². The summed E-state index contributed by atoms with van der Waals surface area (Å²) in [5.41, 5.74) is 0.670. The van der Waals surface area contributed by atoms with Crippen LogP contribution >= 0.6 is 0 Å². The van der Waals surface area contributed by atoms with Crippen LogP contribution in [0.5, 0.6) is 0 Å². The van der Waals surface area contributed by atoms with Gasteiger partial charge in [0.25, 0.3) is 5.69 Å². The van der Waals surface area contributed by atoms with Crippen LogP contribution in [0.15, 0.2) is 47.1 Å². The number of nitro groups is 1. The van der Waals surface area contributed by atoms with Gasteiger partial charge in [-0.25, -0.2) is 0 Å². The van der Waals surface area contributed by atoms with Gasteiger partial charge in [-0.1, -0.05) is 0 Å². The number of aliphatic hydroxyl groups is 1. The van der Waals surface area contributed by atoms with Gasteiger partial charge >= 0.3 is 0 Å². The van der Waals surface area contributed by atoms with Gasteiger partial charge < -0.3 is 14.8 Å². The van der Waals surface area contributed by atoms with Gasteiger partial charge in [0.15, 0.2) is 0 Å². The monoisotopic (exact) mass is 290 g/mol. The normalized spacial score (nSPS) is 13.8. The van der Waals surface area contributed by atoms with Crippen LogP contribution in [0.1, 0.15) is 24.4 Å². The second-order valence-corrected chi connectivity index (χ2v) is 4.96. The second-order valence-electron chi connectivity index (χ2n) is 4.96. The largest absolute Gasteiger partial charge is 0.469 e. The van der Waals surface area contributed by atoms with E-state index in [-0.39, 0.29) is 11.7 Å². The molecule has 0 fully saturated rings. The molecule has 6 nitrogen and oxygen atoms in total. The molecular weight excluding hydrogens is 272 g/mol. The first kappa shape index (κ1) is 15.2. The minimum Gasteiger partial charge on any atom is -0.469 e. The zero-order valence-electron chi connectivity index (χ0n) is 11.7. The minimum atomic E-state index is -0.704. The molecule has 0 amide bonds. The first-order chi connectivity index (χ1) is 10.1. The summed E-state index contributed by atoms with van der Waals surface area (Å²) >= 11 is 0. The third-order valence-electron chi connectivity index (χ3n) is 3.24. The number of non-ortho nitro benzene ring substituents is 1. The SMILES string of the molecule is CC(Cc1ccco1)NCC(O)c1ccc([N+](=O)[O-])cc1. The number of hydrogen-bond acceptors (Lipinski definition) is 5. The molecule has 0 aliphatic carbocycles. The fraction of sp³-hybridized carbons (Fsp3) is 0.333. The third kappa shape index (κ3) is 4.40. The molecule has 6 heteroatoms. The summed E-state index contributed by atoms with van der Waals surface area (Å²) in [6, 6.07) is 9.83. The molecule has 21 heavy (non-hydrogen) atoms. The highest BCUT2D eigenvalue weighted by Gasteiger charge is 2.12. The number of hydrogen-bond donors (Lipinski definition) is 2. The lowest BCUT2D eigenvalue weighted by molar-refractivity contribution is -0.384. The molecule has 0 bridgehead atoms. The van der Waals surface area contributed by atoms with Crippen LogP contribution in [0.2, 0.25) is 0 Å². The van der Waals surface area contributed by atoms with E-state index in [0.29, 0.717) is 12.1 Å². The molecule has 1 aromatic carbocycles. The molecule has 0 aliphatic heterocycles. The van der Waals surface area contributed by atoms with Crippen LogP contribution in [-0.2, 0) is 6.42 Å². The standard InChI is InChI=1S/C15H18N2O4/c1-11(9-14-3-2-8-21-14)16-10-15(18)12-4-6-13(7-5-12)17(19)20/h2-8,11,15-16,18H,9-10H2,1H3. The highest BCUT2D eigenvalue weighted by atomic mass is 16.6. The van der Waals surface area contributed by atoms with E-state index in [9.17, 15) is 15.2 Å². The predicted octanol–water partition coefficient (Wildman–Crippen LogP) is 2.44. The van der Waals surface area contributed by atoms with E-state index in [1.165, 1.54) is 12.1 Å². The van der Waals surface area contributed by atoms with Gasteiger partial charge in [0.2, 0.25) is 0 Å². The average molecular weight is 290 g/mol. The molecule has 0 saturated carbocycles. The van der Waals surface area contributed by atoms with Crippen molar-refractivity contribution in [3.05, 3.63) is 64.1 Å². The molecule has 1 heterocycles. The van der Waals surface area contributed by atoms with Crippen molar-refractivity contribution in [1.29, 1.82) is 0 Å². The fourth-order valence-electron chi connectivity index (χ4n) is 2.05. The predicted molar refractivity (Wildman–Crippen MR) is 77.9 cm³/mol. The van der Waals surface area contributed by atoms with Crippen LogP contribution in [0.3, 0.4) is 0 Å². The summed E-state index contributed by atoms with van der Waals surface area (Å²) in [4.78, 5) is 10.1. The Balaban J connectivity index is 1.83. The summed E-state index contributed by atoms with van der Waals surface area (Å²) < 4.78 is 5.26. The number of rotatable bonds is 7. The Morgan fingerprint density at radius 3 is 2.62 bits per heavy atom. The molecule has 0 aliphatic rings. The third-order valence-corrected chi connectivity index (χ3v) is 3.24. The first-order valence-electron chi connectivity index (χ1n) is 6.74. The van der Waals surface area contributed by atoms with E-state index in [1.807, 2.05) is 19.1 Å². The zero-order valence-corrected chi connectivity index (χ0v) is 11.7. The maximum Gasteiger partial charge on any atom is 0.269 e. The lowest BCUT2D eigenvalue weighted by Crippen LogP contribution is -2.31. The van der Waals surface area contributed by atoms with E-state index in [0.717, 1.165) is 12.2 Å². The summed E-state index contributed by atoms with van der Waals surface area (Å²) in [5, 5.41) is 23.9. The summed E-state index contributed by atoms with van der Waals surface area (Å²) in [6.45, 7) is 2.38. The highest BCUT2D eigenvalue weighted by molar-refractivity contribution is 5.33. The number of nitrogens with zero attached hydrogens (tertiary/aromatic N) is 1. The van der Waals surface area contributed by atoms with Gasteiger partial charge in [-0.05, 0) is 36.8 Å². The van der Waals surface area contributed by atoms with Gasteiger partial charge in [-0.15, -0.1) is 0 Å². The van der Waals surface area contributed by atoms with Crippen molar-refractivity contribution in [3.8, 4) is 0 Å². The average Bonchev–Trinajstić information content (AvgIpc) is 2.97. The quantitative estimate of drug-likeness (QED) is 0.604. The van der Waals surface area contributed by atoms with Gasteiger partial charge in [0.1, 0.15) is 5.76 Å². The topological polar surface area (TPSA) is 88.5 Å². The lowest BCUT2D eigenvalue weighted by Gasteiger charge is -2.16. The molecule has 112 valence electrons. The van der Waals surface area contributed by atoms with Crippen LogP contribution in [0.25, 0.3) is 0 Å². The molecular formula is C15H18N2O4. The number of aliphatic hydroxyl groups excluding tert-OH is 1. The first-order valence-corrected chi connectivity index (χ1v) is 6.74. The Kier molecular flexibility index (Phi) is 5.08. The molecule has 2 unspecified atom stereocenters. The Bertz CT molecular complexity index is 566. The maximum atomic E-state index is 10.6. The Labute approximate surface area is 122 Å². The van der Waals surface area contributed by atoms with E-state index in [2.05, 4.69) is 5.32 Å². The molecule has 0 saturated heterocycles. The van der Waals surface area contributed by atoms with Crippen molar-refractivity contribution in [1.82, 2.24) is 5.32 Å². The Morgan fingerprint density at radius 2 is 2.05 bits per heavy atom. The molecule has 2 N–H and O–H groups in total. The summed E-state index contributed by atoms with van der Waals surface area (Å²) in [6.07, 6.45) is 1.66. The highest BCUT2D eigenvalue weighted by Crippen LogP contribution is 2.17. The van der Waals surface area contributed by atoms with E-state index in [4.69, 9.17) is 4.42 Å². The van der Waals surface area contributed by atoms with Crippen molar-refractivity contribution >= 4 is 5.69 Å². The number of furan rings is 1. The van der Waals surface area contributed by atoms with Crippen molar-refractivity contribution in [3.63, 3.8) is 0 Å². The minimum absolute atomic E-state index is 0.0186. The molecule has 2 atom stereocenters. The van der Waals surface area contributed by atoms with Gasteiger partial charge in [-0.2, -0.15) is 0 Å². The van der Waals surface area contributed by atoms with Gasteiger partial charge in [0.05, 0.1) is 17.3 Å². The molecule has 2 aromatic rings. The Hall–Kier alpha value is -2.18. The summed E-state index contributed by atoms with van der Waals surface area (Å²) in [5.74, 6) is 0.889. The van der Waals surface area contributed by atoms with E-state index >= 15 is 0 Å². The lowest BCUT2D eigenvalue weighted by atomic mass is 10.1. The van der Waals surface area contributed by atoms with Crippen molar-refractivity contribution in [2.75, 3.05) is 6.54 Å². The summed E-state index contributed by atoms with van der Waals surface area (Å²) in [7, 11) is 0. The van der Waals surface area contributed by atoms with E-state index < -0.39 is 11.0 Å². The number of benzene rings is 1. The van der Waals surface area contributed by atoms with Crippen LogP contribution < -0.4 is 5.32 Å². The molecule has 0 radical (unpaired) electrons. The smallest absolute Gasteiger partial charge is 0.269 e. The van der Waals surface area contributed by atoms with Crippen molar-refractivity contribution in [2.45, 2.75) is 25.5 Å². The maximum absolute atomic E-state index is 10.6. The number of nitrogens with one attached hydrogen (secondary N) is 1. The Morgan fingerprint density at radius 1 is 1.33 bits per heavy atom. The zero-order chi connectivity index (χ0) is 15.2.